The lowest BCUT2D eigenvalue weighted by molar-refractivity contribution is -0.120. The molecule has 13 heteroatoms. The van der Waals surface area contributed by atoms with Crippen molar-refractivity contribution in [2.24, 2.45) is 0 Å². The van der Waals surface area contributed by atoms with Crippen LogP contribution >= 0.6 is 23.2 Å². The van der Waals surface area contributed by atoms with Crippen LogP contribution in [0.5, 0.6) is 5.75 Å². The Labute approximate surface area is 288 Å². The van der Waals surface area contributed by atoms with Gasteiger partial charge >= 0.3 is 0 Å². The Hall–Kier alpha value is -4.29. The van der Waals surface area contributed by atoms with Crippen molar-refractivity contribution in [3.8, 4) is 28.1 Å². The standard InChI is InChI=1S/C35H36Cl2FN7O3/c1-48-28-15-20(5-6-21(28)16-39-18-23-7-9-29(46)43-23)34-32(37)26(12-14-41-34)25-3-2-4-27(31(25)36)45-35-33(38)22(11-13-42-35)17-40-19-24-8-10-30(47)44-24/h2-6,11-15,23-24,39-40H,7-10,16-19H2,1H3,(H,42,45)(H,43,46)(H,44,47)/t23-,24-/m0/s1. The largest absolute Gasteiger partial charge is 0.496 e. The van der Waals surface area contributed by atoms with Crippen molar-refractivity contribution in [3.05, 3.63) is 87.9 Å². The van der Waals surface area contributed by atoms with E-state index in [4.69, 9.17) is 27.9 Å². The van der Waals surface area contributed by atoms with E-state index in [2.05, 4.69) is 36.6 Å². The van der Waals surface area contributed by atoms with Gasteiger partial charge < -0.3 is 31.3 Å². The molecule has 0 bridgehead atoms. The van der Waals surface area contributed by atoms with Gasteiger partial charge in [0.2, 0.25) is 11.8 Å². The number of nitrogens with zero attached hydrogens (tertiary/aromatic N) is 2. The fourth-order valence-corrected chi connectivity index (χ4v) is 6.58. The summed E-state index contributed by atoms with van der Waals surface area (Å²) in [6, 6.07) is 14.8. The number of carbonyl (C=O) groups is 2. The Morgan fingerprint density at radius 3 is 2.19 bits per heavy atom. The minimum absolute atomic E-state index is 0.0405. The molecule has 0 spiro atoms. The number of hydrogen-bond donors (Lipinski definition) is 5. The van der Waals surface area contributed by atoms with E-state index < -0.39 is 5.82 Å². The first-order chi connectivity index (χ1) is 23.3. The monoisotopic (exact) mass is 691 g/mol. The summed E-state index contributed by atoms with van der Waals surface area (Å²) in [6.07, 6.45) is 5.87. The molecule has 2 aliphatic heterocycles. The number of methoxy groups -OCH3 is 1. The second kappa shape index (κ2) is 15.3. The highest BCUT2D eigenvalue weighted by atomic mass is 35.5. The molecule has 0 aliphatic carbocycles. The maximum absolute atomic E-state index is 15.5. The lowest BCUT2D eigenvalue weighted by Gasteiger charge is -2.16. The van der Waals surface area contributed by atoms with Gasteiger partial charge in [0.15, 0.2) is 11.6 Å². The molecular formula is C35H36Cl2FN7O3. The van der Waals surface area contributed by atoms with Gasteiger partial charge in [-0.15, -0.1) is 0 Å². The van der Waals surface area contributed by atoms with Crippen molar-refractivity contribution in [1.82, 2.24) is 31.2 Å². The zero-order valence-electron chi connectivity index (χ0n) is 26.3. The van der Waals surface area contributed by atoms with E-state index in [0.717, 1.165) is 24.0 Å². The number of ether oxygens (including phenoxy) is 1. The molecule has 0 saturated carbocycles. The first-order valence-electron chi connectivity index (χ1n) is 15.8. The molecule has 2 aliphatic rings. The van der Waals surface area contributed by atoms with E-state index in [1.807, 2.05) is 24.3 Å². The van der Waals surface area contributed by atoms with Crippen molar-refractivity contribution in [2.45, 2.75) is 50.9 Å². The molecule has 0 radical (unpaired) electrons. The zero-order valence-corrected chi connectivity index (χ0v) is 27.8. The summed E-state index contributed by atoms with van der Waals surface area (Å²) in [6.45, 7) is 2.08. The number of halogens is 3. The average Bonchev–Trinajstić information content (AvgIpc) is 3.70. The minimum Gasteiger partial charge on any atom is -0.496 e. The number of hydrogen-bond acceptors (Lipinski definition) is 8. The van der Waals surface area contributed by atoms with E-state index in [9.17, 15) is 9.59 Å². The highest BCUT2D eigenvalue weighted by Crippen LogP contribution is 2.41. The molecule has 10 nitrogen and oxygen atoms in total. The van der Waals surface area contributed by atoms with Crippen LogP contribution in [-0.2, 0) is 22.7 Å². The van der Waals surface area contributed by atoms with Crippen molar-refractivity contribution in [2.75, 3.05) is 25.5 Å². The van der Waals surface area contributed by atoms with E-state index in [1.54, 1.807) is 37.6 Å². The van der Waals surface area contributed by atoms with Gasteiger partial charge in [-0.1, -0.05) is 47.5 Å². The number of pyridine rings is 2. The molecule has 6 rings (SSSR count). The molecule has 4 aromatic rings. The van der Waals surface area contributed by atoms with Crippen LogP contribution in [0.1, 0.15) is 36.8 Å². The maximum Gasteiger partial charge on any atom is 0.220 e. The summed E-state index contributed by atoms with van der Waals surface area (Å²) in [7, 11) is 1.62. The number of rotatable bonds is 13. The van der Waals surface area contributed by atoms with Crippen LogP contribution in [0.2, 0.25) is 10.0 Å². The topological polar surface area (TPSA) is 129 Å². The van der Waals surface area contributed by atoms with Gasteiger partial charge in [0.25, 0.3) is 0 Å². The van der Waals surface area contributed by atoms with Crippen molar-refractivity contribution < 1.29 is 18.7 Å². The molecule has 2 atom stereocenters. The number of carbonyl (C=O) groups excluding carboxylic acids is 2. The molecular weight excluding hydrogens is 656 g/mol. The van der Waals surface area contributed by atoms with Crippen LogP contribution in [0.4, 0.5) is 15.9 Å². The highest BCUT2D eigenvalue weighted by Gasteiger charge is 2.22. The number of anilines is 2. The number of nitrogens with one attached hydrogen (secondary N) is 5. The Morgan fingerprint density at radius 2 is 1.52 bits per heavy atom. The van der Waals surface area contributed by atoms with Crippen LogP contribution in [0.15, 0.2) is 60.9 Å². The molecule has 250 valence electrons. The van der Waals surface area contributed by atoms with Crippen molar-refractivity contribution >= 4 is 46.5 Å². The summed E-state index contributed by atoms with van der Waals surface area (Å²) < 4.78 is 21.2. The van der Waals surface area contributed by atoms with E-state index in [0.29, 0.717) is 76.3 Å². The number of benzene rings is 2. The van der Waals surface area contributed by atoms with Gasteiger partial charge in [-0.25, -0.2) is 9.37 Å². The fraction of sp³-hybridized carbons (Fsp3) is 0.314. The average molecular weight is 693 g/mol. The summed E-state index contributed by atoms with van der Waals surface area (Å²) in [4.78, 5) is 31.7. The quantitative estimate of drug-likeness (QED) is 0.120. The minimum atomic E-state index is -0.496. The summed E-state index contributed by atoms with van der Waals surface area (Å²) in [5.74, 6) is 0.356. The summed E-state index contributed by atoms with van der Waals surface area (Å²) >= 11 is 13.9. The Balaban J connectivity index is 1.17. The van der Waals surface area contributed by atoms with E-state index in [1.165, 1.54) is 6.20 Å². The second-order valence-corrected chi connectivity index (χ2v) is 12.6. The molecule has 48 heavy (non-hydrogen) atoms. The lowest BCUT2D eigenvalue weighted by atomic mass is 10.0. The molecule has 2 aromatic heterocycles. The van der Waals surface area contributed by atoms with Crippen molar-refractivity contribution in [1.29, 1.82) is 0 Å². The lowest BCUT2D eigenvalue weighted by Crippen LogP contribution is -2.35. The smallest absolute Gasteiger partial charge is 0.220 e. The highest BCUT2D eigenvalue weighted by molar-refractivity contribution is 6.39. The molecule has 5 N–H and O–H groups in total. The number of amides is 2. The van der Waals surface area contributed by atoms with Gasteiger partial charge in [-0.05, 0) is 37.1 Å². The molecule has 4 heterocycles. The summed E-state index contributed by atoms with van der Waals surface area (Å²) in [5, 5.41) is 16.3. The van der Waals surface area contributed by atoms with Crippen LogP contribution in [0.3, 0.4) is 0 Å². The second-order valence-electron chi connectivity index (χ2n) is 11.8. The molecule has 0 unspecified atom stereocenters. The van der Waals surface area contributed by atoms with Crippen LogP contribution in [-0.4, -0.2) is 54.1 Å². The molecule has 2 saturated heterocycles. The molecule has 2 amide bonds. The predicted molar refractivity (Wildman–Crippen MR) is 185 cm³/mol. The zero-order chi connectivity index (χ0) is 33.6. The van der Waals surface area contributed by atoms with Gasteiger partial charge in [-0.3, -0.25) is 14.6 Å². The fourth-order valence-electron chi connectivity index (χ4n) is 5.99. The Bertz CT molecular complexity index is 1830. The molecule has 2 aromatic carbocycles. The molecule has 2 fully saturated rings. The van der Waals surface area contributed by atoms with Crippen molar-refractivity contribution in [3.63, 3.8) is 0 Å². The van der Waals surface area contributed by atoms with E-state index >= 15 is 4.39 Å². The third-order valence-electron chi connectivity index (χ3n) is 8.54. The van der Waals surface area contributed by atoms with Gasteiger partial charge in [0, 0.05) is 91.3 Å². The van der Waals surface area contributed by atoms with Gasteiger partial charge in [-0.2, -0.15) is 0 Å². The SMILES string of the molecule is COc1cc(-c2nccc(-c3cccc(Nc4nccc(CNC[C@@H]5CCC(=O)N5)c4F)c3Cl)c2Cl)ccc1CNC[C@@H]1CCC(=O)N1. The van der Waals surface area contributed by atoms with E-state index in [-0.39, 0.29) is 36.3 Å². The summed E-state index contributed by atoms with van der Waals surface area (Å²) in [5.41, 5.74) is 4.48. The maximum atomic E-state index is 15.5. The van der Waals surface area contributed by atoms with Crippen LogP contribution in [0.25, 0.3) is 22.4 Å². The Morgan fingerprint density at radius 1 is 0.854 bits per heavy atom. The van der Waals surface area contributed by atoms with Crippen LogP contribution < -0.4 is 31.3 Å². The van der Waals surface area contributed by atoms with Gasteiger partial charge in [0.05, 0.1) is 28.5 Å². The first kappa shape index (κ1) is 33.6. The third kappa shape index (κ3) is 7.71. The predicted octanol–water partition coefficient (Wildman–Crippen LogP) is 5.75. The normalized spacial score (nSPS) is 17.3. The van der Waals surface area contributed by atoms with Crippen LogP contribution in [0, 0.1) is 5.82 Å². The first-order valence-corrected chi connectivity index (χ1v) is 16.6. The number of aromatic nitrogens is 2. The van der Waals surface area contributed by atoms with Gasteiger partial charge in [0.1, 0.15) is 5.75 Å². The third-order valence-corrected chi connectivity index (χ3v) is 9.33. The Kier molecular flexibility index (Phi) is 10.7.